The number of carbonyl (C=O) groups excluding carboxylic acids is 1. The van der Waals surface area contributed by atoms with Crippen LogP contribution in [0.25, 0.3) is 0 Å². The fourth-order valence-corrected chi connectivity index (χ4v) is 2.09. The average Bonchev–Trinajstić information content (AvgIpc) is 2.36. The molecule has 0 radical (unpaired) electrons. The monoisotopic (exact) mass is 244 g/mol. The van der Waals surface area contributed by atoms with E-state index in [-0.39, 0.29) is 5.91 Å². The van der Waals surface area contributed by atoms with Crippen molar-refractivity contribution in [1.29, 1.82) is 5.26 Å². The van der Waals surface area contributed by atoms with Gasteiger partial charge in [-0.3, -0.25) is 9.69 Å². The first-order chi connectivity index (χ1) is 8.55. The van der Waals surface area contributed by atoms with E-state index >= 15 is 0 Å². The van der Waals surface area contributed by atoms with Crippen molar-refractivity contribution in [3.63, 3.8) is 0 Å². The number of rotatable bonds is 2. The van der Waals surface area contributed by atoms with Gasteiger partial charge >= 0.3 is 0 Å². The lowest BCUT2D eigenvalue weighted by molar-refractivity contribution is -0.135. The smallest absolute Gasteiger partial charge is 0.240 e. The summed E-state index contributed by atoms with van der Waals surface area (Å²) in [4.78, 5) is 18.0. The molecule has 5 nitrogen and oxygen atoms in total. The third kappa shape index (κ3) is 2.20. The van der Waals surface area contributed by atoms with Gasteiger partial charge in [0.05, 0.1) is 5.54 Å². The Morgan fingerprint density at radius 2 is 2.39 bits per heavy atom. The maximum atomic E-state index is 11.8. The van der Waals surface area contributed by atoms with Crippen LogP contribution in [0.4, 0.5) is 0 Å². The Morgan fingerprint density at radius 1 is 1.61 bits per heavy atom. The zero-order valence-corrected chi connectivity index (χ0v) is 10.6. The first-order valence-electron chi connectivity index (χ1n) is 5.93. The Balaban J connectivity index is 2.23. The van der Waals surface area contributed by atoms with Crippen molar-refractivity contribution in [2.45, 2.75) is 25.9 Å². The van der Waals surface area contributed by atoms with E-state index < -0.39 is 5.54 Å². The average molecular weight is 244 g/mol. The number of hydrogen-bond acceptors (Lipinski definition) is 4. The summed E-state index contributed by atoms with van der Waals surface area (Å²) in [6, 6.07) is 5.78. The first kappa shape index (κ1) is 12.5. The van der Waals surface area contributed by atoms with Crippen LogP contribution in [0.2, 0.25) is 0 Å². The van der Waals surface area contributed by atoms with Gasteiger partial charge in [0.2, 0.25) is 5.91 Å². The van der Waals surface area contributed by atoms with E-state index in [9.17, 15) is 4.79 Å². The molecule has 1 aromatic rings. The summed E-state index contributed by atoms with van der Waals surface area (Å²) in [7, 11) is 0. The number of carbonyl (C=O) groups is 1. The highest BCUT2D eigenvalue weighted by Gasteiger charge is 2.37. The molecule has 94 valence electrons. The normalized spacial score (nSPS) is 19.1. The van der Waals surface area contributed by atoms with E-state index in [4.69, 9.17) is 5.26 Å². The van der Waals surface area contributed by atoms with Crippen LogP contribution in [-0.2, 0) is 11.3 Å². The van der Waals surface area contributed by atoms with Crippen LogP contribution < -0.4 is 5.32 Å². The Hall–Kier alpha value is -1.93. The van der Waals surface area contributed by atoms with Crippen LogP contribution in [-0.4, -0.2) is 34.4 Å². The maximum absolute atomic E-state index is 11.8. The summed E-state index contributed by atoms with van der Waals surface area (Å²) in [5.74, 6) is 0.0242. The molecule has 0 bridgehead atoms. The molecule has 5 heteroatoms. The molecule has 0 saturated carbocycles. The molecule has 0 aromatic carbocycles. The molecule has 0 atom stereocenters. The van der Waals surface area contributed by atoms with E-state index in [2.05, 4.69) is 21.3 Å². The van der Waals surface area contributed by atoms with Crippen molar-refractivity contribution in [2.75, 3.05) is 13.1 Å². The lowest BCUT2D eigenvalue weighted by atomic mass is 9.98. The minimum atomic E-state index is -0.555. The molecule has 1 aromatic heterocycles. The lowest BCUT2D eigenvalue weighted by Crippen LogP contribution is -2.61. The third-order valence-corrected chi connectivity index (χ3v) is 3.37. The Morgan fingerprint density at radius 3 is 3.11 bits per heavy atom. The summed E-state index contributed by atoms with van der Waals surface area (Å²) >= 11 is 0. The van der Waals surface area contributed by atoms with Gasteiger partial charge in [-0.1, -0.05) is 6.07 Å². The molecule has 1 aliphatic rings. The molecule has 0 aliphatic carbocycles. The molecule has 1 amide bonds. The minimum Gasteiger partial charge on any atom is -0.353 e. The fourth-order valence-electron chi connectivity index (χ4n) is 2.09. The highest BCUT2D eigenvalue weighted by atomic mass is 16.2. The molecule has 1 aliphatic heterocycles. The number of aromatic nitrogens is 1. The predicted octanol–water partition coefficient (Wildman–Crippen LogP) is 0.664. The van der Waals surface area contributed by atoms with E-state index in [1.165, 1.54) is 0 Å². The molecule has 2 rings (SSSR count). The van der Waals surface area contributed by atoms with Gasteiger partial charge in [-0.2, -0.15) is 5.26 Å². The summed E-state index contributed by atoms with van der Waals surface area (Å²) < 4.78 is 0. The quantitative estimate of drug-likeness (QED) is 0.830. The van der Waals surface area contributed by atoms with Crippen molar-refractivity contribution < 1.29 is 4.79 Å². The zero-order valence-electron chi connectivity index (χ0n) is 10.6. The molecule has 18 heavy (non-hydrogen) atoms. The van der Waals surface area contributed by atoms with Gasteiger partial charge < -0.3 is 5.32 Å². The van der Waals surface area contributed by atoms with Crippen LogP contribution in [0.1, 0.15) is 25.1 Å². The van der Waals surface area contributed by atoms with Gasteiger partial charge in [0.1, 0.15) is 11.8 Å². The van der Waals surface area contributed by atoms with Gasteiger partial charge in [0.25, 0.3) is 0 Å². The van der Waals surface area contributed by atoms with Crippen LogP contribution in [0.5, 0.6) is 0 Å². The molecule has 0 spiro atoms. The first-order valence-corrected chi connectivity index (χ1v) is 5.93. The molecular weight excluding hydrogens is 228 g/mol. The van der Waals surface area contributed by atoms with Crippen molar-refractivity contribution in [3.8, 4) is 6.07 Å². The summed E-state index contributed by atoms with van der Waals surface area (Å²) in [6.07, 6.45) is 1.61. The van der Waals surface area contributed by atoms with Gasteiger partial charge in [-0.15, -0.1) is 0 Å². The molecule has 2 heterocycles. The number of pyridine rings is 1. The van der Waals surface area contributed by atoms with Gasteiger partial charge in [-0.25, -0.2) is 4.98 Å². The standard InChI is InChI=1S/C13H16N4O/c1-13(2)12(18)16-6-7-17(13)9-10-4-3-5-15-11(10)8-14/h3-5H,6-7,9H2,1-2H3,(H,16,18). The topological polar surface area (TPSA) is 69.0 Å². The molecule has 0 unspecified atom stereocenters. The molecule has 1 N–H and O–H groups in total. The molecular formula is C13H16N4O. The summed E-state index contributed by atoms with van der Waals surface area (Å²) in [5, 5.41) is 11.9. The Bertz CT molecular complexity index is 504. The van der Waals surface area contributed by atoms with Crippen LogP contribution in [0.15, 0.2) is 18.3 Å². The SMILES string of the molecule is CC1(C)C(=O)NCCN1Cc1cccnc1C#N. The minimum absolute atomic E-state index is 0.0242. The van der Waals surface area contributed by atoms with Gasteiger partial charge in [0, 0.05) is 31.4 Å². The van der Waals surface area contributed by atoms with E-state index in [0.29, 0.717) is 18.8 Å². The number of hydrogen-bond donors (Lipinski definition) is 1. The summed E-state index contributed by atoms with van der Waals surface area (Å²) in [6.45, 7) is 5.77. The second-order valence-corrected chi connectivity index (χ2v) is 4.86. The number of piperazine rings is 1. The number of amides is 1. The highest BCUT2D eigenvalue weighted by molar-refractivity contribution is 5.86. The number of nitriles is 1. The van der Waals surface area contributed by atoms with E-state index in [1.54, 1.807) is 6.20 Å². The predicted molar refractivity (Wildman–Crippen MR) is 66.5 cm³/mol. The van der Waals surface area contributed by atoms with Crippen LogP contribution in [0, 0.1) is 11.3 Å². The second-order valence-electron chi connectivity index (χ2n) is 4.86. The van der Waals surface area contributed by atoms with Crippen molar-refractivity contribution in [2.24, 2.45) is 0 Å². The van der Waals surface area contributed by atoms with Gasteiger partial charge in [-0.05, 0) is 19.9 Å². The zero-order chi connectivity index (χ0) is 13.2. The number of nitrogens with one attached hydrogen (secondary N) is 1. The van der Waals surface area contributed by atoms with E-state index in [0.717, 1.165) is 12.1 Å². The second kappa shape index (κ2) is 4.75. The highest BCUT2D eigenvalue weighted by Crippen LogP contribution is 2.21. The fraction of sp³-hybridized carbons (Fsp3) is 0.462. The van der Waals surface area contributed by atoms with Crippen LogP contribution >= 0.6 is 0 Å². The number of nitrogens with zero attached hydrogens (tertiary/aromatic N) is 3. The molecule has 1 fully saturated rings. The Kier molecular flexibility index (Phi) is 3.30. The largest absolute Gasteiger partial charge is 0.353 e. The Labute approximate surface area is 106 Å². The van der Waals surface area contributed by atoms with Crippen LogP contribution in [0.3, 0.4) is 0 Å². The van der Waals surface area contributed by atoms with Gasteiger partial charge in [0.15, 0.2) is 0 Å². The lowest BCUT2D eigenvalue weighted by Gasteiger charge is -2.41. The summed E-state index contributed by atoms with van der Waals surface area (Å²) in [5.41, 5.74) is 0.739. The van der Waals surface area contributed by atoms with Crippen molar-refractivity contribution in [1.82, 2.24) is 15.2 Å². The van der Waals surface area contributed by atoms with Crippen molar-refractivity contribution in [3.05, 3.63) is 29.6 Å². The third-order valence-electron chi connectivity index (χ3n) is 3.37. The molecule has 1 saturated heterocycles. The maximum Gasteiger partial charge on any atom is 0.240 e. The van der Waals surface area contributed by atoms with E-state index in [1.807, 2.05) is 26.0 Å². The van der Waals surface area contributed by atoms with Crippen molar-refractivity contribution >= 4 is 5.91 Å².